The monoisotopic (exact) mass is 200 g/mol. The molecule has 0 unspecified atom stereocenters. The van der Waals surface area contributed by atoms with E-state index >= 15 is 0 Å². The second-order valence-corrected chi connectivity index (χ2v) is 2.68. The summed E-state index contributed by atoms with van der Waals surface area (Å²) in [5, 5.41) is 0. The molecule has 88 valence electrons. The summed E-state index contributed by atoms with van der Waals surface area (Å²) < 4.78 is 0. The third-order valence-corrected chi connectivity index (χ3v) is 1.18. The Bertz CT molecular complexity index is 103. The Morgan fingerprint density at radius 2 is 1.14 bits per heavy atom. The molecule has 14 heavy (non-hydrogen) atoms. The average molecular weight is 200 g/mol. The zero-order valence-electron chi connectivity index (χ0n) is 12.0. The van der Waals surface area contributed by atoms with Crippen LogP contribution in [-0.2, 0) is 0 Å². The van der Waals surface area contributed by atoms with Crippen molar-refractivity contribution in [3.05, 3.63) is 23.8 Å². The normalized spacial score (nSPS) is 6.07. The van der Waals surface area contributed by atoms with Crippen molar-refractivity contribution in [3.63, 3.8) is 0 Å². The van der Waals surface area contributed by atoms with Gasteiger partial charge in [-0.05, 0) is 34.1 Å². The van der Waals surface area contributed by atoms with Gasteiger partial charge in [0.05, 0.1) is 0 Å². The van der Waals surface area contributed by atoms with Crippen LogP contribution in [0.2, 0.25) is 0 Å². The predicted molar refractivity (Wildman–Crippen MR) is 72.9 cm³/mol. The van der Waals surface area contributed by atoms with Gasteiger partial charge in [-0.2, -0.15) is 0 Å². The molecule has 0 aliphatic heterocycles. The van der Waals surface area contributed by atoms with Gasteiger partial charge < -0.3 is 0 Å². The molecule has 0 bridgehead atoms. The SMILES string of the molecule is C=C(C)CC.CC.CC.CC=C(C)C. The van der Waals surface area contributed by atoms with Crippen molar-refractivity contribution in [2.75, 3.05) is 0 Å². The molecule has 0 aromatic rings. The Balaban J connectivity index is -0.0000000528. The van der Waals surface area contributed by atoms with E-state index in [1.165, 1.54) is 11.1 Å². The maximum absolute atomic E-state index is 3.67. The lowest BCUT2D eigenvalue weighted by Crippen LogP contribution is -1.58. The summed E-state index contributed by atoms with van der Waals surface area (Å²) in [6.45, 7) is 22.0. The van der Waals surface area contributed by atoms with Gasteiger partial charge >= 0.3 is 0 Å². The fourth-order valence-electron chi connectivity index (χ4n) is 0. The van der Waals surface area contributed by atoms with E-state index in [1.54, 1.807) is 0 Å². The molecule has 0 N–H and O–H groups in total. The summed E-state index contributed by atoms with van der Waals surface area (Å²) in [5.74, 6) is 0. The van der Waals surface area contributed by atoms with Crippen molar-refractivity contribution in [2.45, 2.75) is 68.7 Å². The Hall–Kier alpha value is -0.520. The Morgan fingerprint density at radius 1 is 1.00 bits per heavy atom. The van der Waals surface area contributed by atoms with Crippen molar-refractivity contribution in [1.29, 1.82) is 0 Å². The third-order valence-electron chi connectivity index (χ3n) is 1.18. The Labute approximate surface area is 93.1 Å². The van der Waals surface area contributed by atoms with Crippen LogP contribution < -0.4 is 0 Å². The molecule has 0 nitrogen and oxygen atoms in total. The fraction of sp³-hybridized carbons (Fsp3) is 0.714. The van der Waals surface area contributed by atoms with E-state index in [4.69, 9.17) is 0 Å². The zero-order chi connectivity index (χ0) is 12.6. The fourth-order valence-corrected chi connectivity index (χ4v) is 0. The molecule has 0 spiro atoms. The number of hydrogen-bond donors (Lipinski definition) is 0. The van der Waals surface area contributed by atoms with E-state index < -0.39 is 0 Å². The van der Waals surface area contributed by atoms with Crippen LogP contribution in [0.5, 0.6) is 0 Å². The predicted octanol–water partition coefficient (Wildman–Crippen LogP) is 6.00. The van der Waals surface area contributed by atoms with Crippen LogP contribution in [0.25, 0.3) is 0 Å². The molecule has 0 saturated carbocycles. The van der Waals surface area contributed by atoms with Gasteiger partial charge in [0, 0.05) is 0 Å². The van der Waals surface area contributed by atoms with E-state index in [-0.39, 0.29) is 0 Å². The second kappa shape index (κ2) is 29.4. The van der Waals surface area contributed by atoms with Gasteiger partial charge in [-0.15, -0.1) is 6.58 Å². The minimum absolute atomic E-state index is 1.11. The molecule has 0 saturated heterocycles. The number of rotatable bonds is 1. The van der Waals surface area contributed by atoms with Crippen molar-refractivity contribution in [1.82, 2.24) is 0 Å². The third kappa shape index (κ3) is 104. The van der Waals surface area contributed by atoms with E-state index in [0.29, 0.717) is 0 Å². The number of allylic oxidation sites excluding steroid dienone is 3. The Kier molecular flexibility index (Phi) is 49.1. The maximum atomic E-state index is 3.67. The highest BCUT2D eigenvalue weighted by Gasteiger charge is 1.67. The van der Waals surface area contributed by atoms with Gasteiger partial charge in [0.1, 0.15) is 0 Å². The lowest BCUT2D eigenvalue weighted by atomic mass is 10.3. The van der Waals surface area contributed by atoms with Gasteiger partial charge in [0.25, 0.3) is 0 Å². The summed E-state index contributed by atoms with van der Waals surface area (Å²) >= 11 is 0. The smallest absolute Gasteiger partial charge is 0.0354 e. The minimum atomic E-state index is 1.11. The average Bonchev–Trinajstić information content (AvgIpc) is 2.24. The van der Waals surface area contributed by atoms with Crippen molar-refractivity contribution >= 4 is 0 Å². The van der Waals surface area contributed by atoms with Crippen LogP contribution in [0.3, 0.4) is 0 Å². The lowest BCUT2D eigenvalue weighted by molar-refractivity contribution is 1.11. The molecule has 0 fully saturated rings. The van der Waals surface area contributed by atoms with Crippen LogP contribution in [-0.4, -0.2) is 0 Å². The summed E-state index contributed by atoms with van der Waals surface area (Å²) in [4.78, 5) is 0. The van der Waals surface area contributed by atoms with Gasteiger partial charge in [-0.3, -0.25) is 0 Å². The molecule has 0 heterocycles. The maximum Gasteiger partial charge on any atom is -0.0354 e. The molecule has 0 rings (SSSR count). The molecule has 0 amide bonds. The molecule has 0 aromatic heterocycles. The van der Waals surface area contributed by atoms with E-state index in [1.807, 2.05) is 41.5 Å². The Morgan fingerprint density at radius 3 is 1.14 bits per heavy atom. The summed E-state index contributed by atoms with van der Waals surface area (Å²) in [5.41, 5.74) is 2.63. The largest absolute Gasteiger partial charge is 0.100 e. The van der Waals surface area contributed by atoms with Crippen LogP contribution in [0.4, 0.5) is 0 Å². The van der Waals surface area contributed by atoms with Crippen LogP contribution in [0, 0.1) is 0 Å². The zero-order valence-corrected chi connectivity index (χ0v) is 12.0. The minimum Gasteiger partial charge on any atom is -0.100 e. The van der Waals surface area contributed by atoms with Crippen molar-refractivity contribution < 1.29 is 0 Å². The molecule has 0 heteroatoms. The first-order chi connectivity index (χ1) is 6.54. The first-order valence-corrected chi connectivity index (χ1v) is 5.78. The summed E-state index contributed by atoms with van der Waals surface area (Å²) in [6.07, 6.45) is 3.19. The van der Waals surface area contributed by atoms with Gasteiger partial charge in [-0.1, -0.05) is 51.8 Å². The van der Waals surface area contributed by atoms with E-state index in [0.717, 1.165) is 6.42 Å². The van der Waals surface area contributed by atoms with E-state index in [9.17, 15) is 0 Å². The van der Waals surface area contributed by atoms with Crippen LogP contribution in [0.15, 0.2) is 23.8 Å². The molecule has 0 atom stereocenters. The quantitative estimate of drug-likeness (QED) is 0.455. The van der Waals surface area contributed by atoms with Crippen molar-refractivity contribution in [3.8, 4) is 0 Å². The molecule has 0 aliphatic rings. The summed E-state index contributed by atoms with van der Waals surface area (Å²) in [7, 11) is 0. The highest BCUT2D eigenvalue weighted by atomic mass is 13.7. The van der Waals surface area contributed by atoms with Crippen LogP contribution in [0.1, 0.15) is 68.7 Å². The van der Waals surface area contributed by atoms with Crippen molar-refractivity contribution in [2.24, 2.45) is 0 Å². The first-order valence-electron chi connectivity index (χ1n) is 5.78. The molecular weight excluding hydrogens is 168 g/mol. The first kappa shape index (κ1) is 23.4. The second-order valence-electron chi connectivity index (χ2n) is 2.68. The van der Waals surface area contributed by atoms with Crippen LogP contribution >= 0.6 is 0 Å². The highest BCUT2D eigenvalue weighted by Crippen LogP contribution is 1.88. The molecule has 0 aliphatic carbocycles. The van der Waals surface area contributed by atoms with E-state index in [2.05, 4.69) is 33.4 Å². The highest BCUT2D eigenvalue weighted by molar-refractivity contribution is 4.88. The van der Waals surface area contributed by atoms with Gasteiger partial charge in [0.15, 0.2) is 0 Å². The topological polar surface area (TPSA) is 0 Å². The van der Waals surface area contributed by atoms with Gasteiger partial charge in [-0.25, -0.2) is 0 Å². The molecule has 0 aromatic carbocycles. The lowest BCUT2D eigenvalue weighted by Gasteiger charge is -1.79. The molecule has 0 radical (unpaired) electrons. The number of hydrogen-bond acceptors (Lipinski definition) is 0. The molecular formula is C14H32. The standard InChI is InChI=1S/2C5H10.2C2H6/c2*1-4-5(2)3;2*1-2/h4H,1-3H3;2,4H2,1,3H3;2*1-2H3. The van der Waals surface area contributed by atoms with Gasteiger partial charge in [0.2, 0.25) is 0 Å². The summed E-state index contributed by atoms with van der Waals surface area (Å²) in [6, 6.07) is 0.